The van der Waals surface area contributed by atoms with E-state index in [9.17, 15) is 18.0 Å². The lowest BCUT2D eigenvalue weighted by atomic mass is 9.75. The van der Waals surface area contributed by atoms with Crippen molar-refractivity contribution in [2.45, 2.75) is 77.7 Å². The maximum atomic E-state index is 13.9. The van der Waals surface area contributed by atoms with Gasteiger partial charge in [0.2, 0.25) is 11.9 Å². The first-order chi connectivity index (χ1) is 18.4. The predicted octanol–water partition coefficient (Wildman–Crippen LogP) is 4.48. The molecule has 2 atom stereocenters. The first kappa shape index (κ1) is 29.3. The second kappa shape index (κ2) is 11.8. The summed E-state index contributed by atoms with van der Waals surface area (Å²) < 4.78 is 45.0. The van der Waals surface area contributed by atoms with Crippen LogP contribution in [-0.2, 0) is 15.7 Å². The number of halogens is 3. The van der Waals surface area contributed by atoms with Crippen molar-refractivity contribution in [1.29, 1.82) is 0 Å². The summed E-state index contributed by atoms with van der Waals surface area (Å²) in [5, 5.41) is 17.0. The summed E-state index contributed by atoms with van der Waals surface area (Å²) >= 11 is 0. The van der Waals surface area contributed by atoms with Crippen LogP contribution < -0.4 is 16.0 Å². The molecule has 1 aromatic heterocycles. The second-order valence-electron chi connectivity index (χ2n) is 11.5. The Kier molecular flexibility index (Phi) is 8.87. The number of ether oxygens (including phenoxy) is 1. The number of aliphatic imine (C=N–C) groups is 1. The van der Waals surface area contributed by atoms with Crippen LogP contribution in [-0.4, -0.2) is 71.5 Å². The zero-order chi connectivity index (χ0) is 28.3. The van der Waals surface area contributed by atoms with Crippen LogP contribution in [0.3, 0.4) is 0 Å². The Bertz CT molecular complexity index is 1160. The largest absolute Gasteiger partial charge is 0.416 e. The Labute approximate surface area is 227 Å². The van der Waals surface area contributed by atoms with Crippen molar-refractivity contribution in [2.24, 2.45) is 10.4 Å². The Morgan fingerprint density at radius 2 is 2.00 bits per heavy atom. The number of aromatic amines is 1. The predicted molar refractivity (Wildman–Crippen MR) is 145 cm³/mol. The quantitative estimate of drug-likeness (QED) is 0.312. The smallest absolute Gasteiger partial charge is 0.379 e. The van der Waals surface area contributed by atoms with E-state index >= 15 is 0 Å². The summed E-state index contributed by atoms with van der Waals surface area (Å²) in [5.74, 6) is 0.379. The van der Waals surface area contributed by atoms with Crippen molar-refractivity contribution in [3.63, 3.8) is 0 Å². The first-order valence-corrected chi connectivity index (χ1v) is 13.7. The summed E-state index contributed by atoms with van der Waals surface area (Å²) in [6, 6.07) is 3.39. The Morgan fingerprint density at radius 1 is 1.26 bits per heavy atom. The molecule has 0 aliphatic carbocycles. The molecule has 2 unspecified atom stereocenters. The number of nitrogens with one attached hydrogen (secondary N) is 4. The monoisotopic (exact) mass is 551 g/mol. The van der Waals surface area contributed by atoms with E-state index in [1.54, 1.807) is 0 Å². The summed E-state index contributed by atoms with van der Waals surface area (Å²) in [5.41, 5.74) is -1.67. The Hall–Kier alpha value is -2.70. The molecule has 2 saturated heterocycles. The van der Waals surface area contributed by atoms with Gasteiger partial charge in [-0.1, -0.05) is 19.8 Å². The summed E-state index contributed by atoms with van der Waals surface area (Å²) in [4.78, 5) is 21.0. The summed E-state index contributed by atoms with van der Waals surface area (Å²) in [7, 11) is 0. The number of fused-ring (bicyclic) bond motifs is 1. The number of unbranched alkanes of at least 4 members (excludes halogenated alkanes) is 1. The van der Waals surface area contributed by atoms with Crippen molar-refractivity contribution in [3.05, 3.63) is 23.8 Å². The van der Waals surface area contributed by atoms with Crippen LogP contribution >= 0.6 is 0 Å². The molecular formula is C27H40F3N7O2. The van der Waals surface area contributed by atoms with Crippen molar-refractivity contribution in [3.8, 4) is 0 Å². The number of carbonyl (C=O) groups excluding carboxylic acids is 1. The Balaban J connectivity index is 1.53. The molecule has 2 aliphatic heterocycles. The topological polar surface area (TPSA) is 107 Å². The van der Waals surface area contributed by atoms with Gasteiger partial charge in [-0.3, -0.25) is 20.1 Å². The molecule has 12 heteroatoms. The van der Waals surface area contributed by atoms with Gasteiger partial charge in [-0.15, -0.1) is 0 Å². The van der Waals surface area contributed by atoms with E-state index in [1.165, 1.54) is 6.07 Å². The summed E-state index contributed by atoms with van der Waals surface area (Å²) in [6.07, 6.45) is -0.0169. The number of benzene rings is 1. The minimum atomic E-state index is -4.46. The van der Waals surface area contributed by atoms with E-state index in [-0.39, 0.29) is 23.5 Å². The average molecular weight is 552 g/mol. The fourth-order valence-corrected chi connectivity index (χ4v) is 5.22. The van der Waals surface area contributed by atoms with Gasteiger partial charge < -0.3 is 15.4 Å². The van der Waals surface area contributed by atoms with E-state index in [1.807, 2.05) is 20.8 Å². The zero-order valence-corrected chi connectivity index (χ0v) is 23.2. The number of alkyl halides is 3. The number of aromatic nitrogens is 2. The molecule has 0 radical (unpaired) electrons. The minimum absolute atomic E-state index is 0.126. The number of morpholine rings is 1. The second-order valence-corrected chi connectivity index (χ2v) is 11.5. The highest BCUT2D eigenvalue weighted by molar-refractivity contribution is 6.08. The van der Waals surface area contributed by atoms with Crippen LogP contribution in [0.15, 0.2) is 23.2 Å². The molecule has 1 aromatic carbocycles. The standard InChI is InChI=1S/C27H40F3N7O2/c1-5-6-10-26(11-9-21(31-17-26)37-12-14-39-15-13-37)23(38)33-24(34-25(2,3)4)32-22-19-8-7-18(27(28,29)30)16-20(19)35-36-22/h7-8,16,21,31H,5-6,9-15,17H2,1-4H3,(H3,32,33,34,35,36,38). The van der Waals surface area contributed by atoms with Crippen LogP contribution in [0.1, 0.15) is 65.4 Å². The molecule has 9 nitrogen and oxygen atoms in total. The van der Waals surface area contributed by atoms with Crippen LogP contribution in [0.25, 0.3) is 10.9 Å². The highest BCUT2D eigenvalue weighted by Crippen LogP contribution is 2.36. The van der Waals surface area contributed by atoms with Gasteiger partial charge in [-0.25, -0.2) is 4.99 Å². The first-order valence-electron chi connectivity index (χ1n) is 13.7. The van der Waals surface area contributed by atoms with Gasteiger partial charge >= 0.3 is 6.18 Å². The van der Waals surface area contributed by atoms with Gasteiger partial charge in [0.25, 0.3) is 0 Å². The third kappa shape index (κ3) is 7.29. The summed E-state index contributed by atoms with van der Waals surface area (Å²) in [6.45, 7) is 11.6. The fourth-order valence-electron chi connectivity index (χ4n) is 5.22. The molecule has 216 valence electrons. The molecule has 0 bridgehead atoms. The van der Waals surface area contributed by atoms with Crippen LogP contribution in [0.4, 0.5) is 19.0 Å². The van der Waals surface area contributed by atoms with Gasteiger partial charge in [-0.2, -0.15) is 18.3 Å². The number of carbonyl (C=O) groups is 1. The lowest BCUT2D eigenvalue weighted by molar-refractivity contribution is -0.137. The normalized spacial score (nSPS) is 23.7. The molecule has 4 N–H and O–H groups in total. The van der Waals surface area contributed by atoms with Gasteiger partial charge in [0.15, 0.2) is 5.82 Å². The van der Waals surface area contributed by atoms with E-state index in [0.29, 0.717) is 17.7 Å². The molecular weight excluding hydrogens is 511 g/mol. The number of hydrogen-bond acceptors (Lipinski definition) is 6. The SMILES string of the molecule is CCCCC1(C(=O)NC(=NC(C)(C)C)Nc2n[nH]c3cc(C(F)(F)F)ccc23)CCC(N2CCOCC2)NC1. The fraction of sp³-hybridized carbons (Fsp3) is 0.667. The molecule has 39 heavy (non-hydrogen) atoms. The third-order valence-corrected chi connectivity index (χ3v) is 7.36. The van der Waals surface area contributed by atoms with Gasteiger partial charge in [0.05, 0.1) is 41.4 Å². The van der Waals surface area contributed by atoms with Crippen LogP contribution in [0.5, 0.6) is 0 Å². The average Bonchev–Trinajstić information content (AvgIpc) is 3.28. The lowest BCUT2D eigenvalue weighted by Gasteiger charge is -2.44. The minimum Gasteiger partial charge on any atom is -0.379 e. The third-order valence-electron chi connectivity index (χ3n) is 7.36. The van der Waals surface area contributed by atoms with Crippen molar-refractivity contribution < 1.29 is 22.7 Å². The maximum Gasteiger partial charge on any atom is 0.416 e. The Morgan fingerprint density at radius 3 is 2.62 bits per heavy atom. The van der Waals surface area contributed by atoms with Gasteiger partial charge in [0.1, 0.15) is 0 Å². The van der Waals surface area contributed by atoms with Crippen molar-refractivity contribution >= 4 is 28.6 Å². The number of hydrogen-bond donors (Lipinski definition) is 4. The van der Waals surface area contributed by atoms with E-state index in [4.69, 9.17) is 4.74 Å². The molecule has 0 spiro atoms. The number of anilines is 1. The highest BCUT2D eigenvalue weighted by Gasteiger charge is 2.43. The molecule has 2 aliphatic rings. The number of rotatable bonds is 6. The molecule has 3 heterocycles. The molecule has 4 rings (SSSR count). The number of piperidine rings is 1. The van der Waals surface area contributed by atoms with E-state index in [0.717, 1.165) is 70.5 Å². The van der Waals surface area contributed by atoms with Crippen molar-refractivity contribution in [1.82, 2.24) is 25.7 Å². The van der Waals surface area contributed by atoms with E-state index < -0.39 is 22.7 Å². The van der Waals surface area contributed by atoms with Crippen LogP contribution in [0, 0.1) is 5.41 Å². The number of nitrogens with zero attached hydrogens (tertiary/aromatic N) is 3. The number of H-pyrrole nitrogens is 1. The van der Waals surface area contributed by atoms with Gasteiger partial charge in [-0.05, 0) is 58.2 Å². The number of guanidine groups is 1. The van der Waals surface area contributed by atoms with Crippen molar-refractivity contribution in [2.75, 3.05) is 38.2 Å². The zero-order valence-electron chi connectivity index (χ0n) is 23.2. The van der Waals surface area contributed by atoms with Gasteiger partial charge in [0, 0.05) is 25.0 Å². The molecule has 0 saturated carbocycles. The molecule has 2 aromatic rings. The molecule has 1 amide bonds. The van der Waals surface area contributed by atoms with E-state index in [2.05, 4.69) is 43.0 Å². The molecule has 2 fully saturated rings. The van der Waals surface area contributed by atoms with Crippen LogP contribution in [0.2, 0.25) is 0 Å². The lowest BCUT2D eigenvalue weighted by Crippen LogP contribution is -2.60. The highest BCUT2D eigenvalue weighted by atomic mass is 19.4. The number of amides is 1. The maximum absolute atomic E-state index is 13.9.